The Morgan fingerprint density at radius 2 is 2.11 bits per heavy atom. The first kappa shape index (κ1) is 19.6. The first-order valence-electron chi connectivity index (χ1n) is 8.53. The van der Waals surface area contributed by atoms with Gasteiger partial charge in [-0.2, -0.15) is 0 Å². The molecular weight excluding hydrogens is 381 g/mol. The molecule has 0 unspecified atom stereocenters. The van der Waals surface area contributed by atoms with Crippen LogP contribution in [0.2, 0.25) is 5.02 Å². The maximum Gasteiger partial charge on any atom is 0.244 e. The summed E-state index contributed by atoms with van der Waals surface area (Å²) in [6.45, 7) is 0. The number of rotatable bonds is 6. The van der Waals surface area contributed by atoms with E-state index in [9.17, 15) is 9.18 Å². The van der Waals surface area contributed by atoms with Crippen molar-refractivity contribution in [2.75, 3.05) is 7.11 Å². The third kappa shape index (κ3) is 4.40. The highest BCUT2D eigenvalue weighted by atomic mass is 35.5. The molecule has 0 saturated heterocycles. The van der Waals surface area contributed by atoms with Crippen LogP contribution in [0, 0.1) is 5.82 Å². The highest BCUT2D eigenvalue weighted by Crippen LogP contribution is 2.24. The van der Waals surface area contributed by atoms with Gasteiger partial charge < -0.3 is 14.6 Å². The molecule has 1 heterocycles. The molecule has 0 bridgehead atoms. The monoisotopic (exact) mass is 399 g/mol. The van der Waals surface area contributed by atoms with E-state index in [4.69, 9.17) is 16.3 Å². The van der Waals surface area contributed by atoms with Crippen LogP contribution in [-0.4, -0.2) is 22.6 Å². The SMILES string of the molecule is COc1cccc([C@H](NC(=O)/C=C/c2c(F)cccc2Cl)c2nccn2C)c1. The average Bonchev–Trinajstić information content (AvgIpc) is 3.11. The molecule has 0 saturated carbocycles. The molecule has 3 rings (SSSR count). The molecule has 2 aromatic carbocycles. The maximum absolute atomic E-state index is 13.9. The van der Waals surface area contributed by atoms with Gasteiger partial charge in [0, 0.05) is 31.1 Å². The molecule has 7 heteroatoms. The predicted octanol–water partition coefficient (Wildman–Crippen LogP) is 4.14. The number of hydrogen-bond donors (Lipinski definition) is 1. The molecule has 0 radical (unpaired) electrons. The molecule has 0 fully saturated rings. The molecular formula is C21H19ClFN3O2. The summed E-state index contributed by atoms with van der Waals surface area (Å²) >= 11 is 6.00. The van der Waals surface area contributed by atoms with Crippen LogP contribution in [0.1, 0.15) is 23.0 Å². The minimum Gasteiger partial charge on any atom is -0.497 e. The second kappa shape index (κ2) is 8.71. The minimum atomic E-state index is -0.511. The molecule has 1 amide bonds. The molecule has 1 N–H and O–H groups in total. The molecule has 0 aliphatic rings. The van der Waals surface area contributed by atoms with E-state index < -0.39 is 17.8 Å². The van der Waals surface area contributed by atoms with Crippen molar-refractivity contribution < 1.29 is 13.9 Å². The topological polar surface area (TPSA) is 56.1 Å². The van der Waals surface area contributed by atoms with Crippen LogP contribution in [0.25, 0.3) is 6.08 Å². The van der Waals surface area contributed by atoms with E-state index in [2.05, 4.69) is 10.3 Å². The Morgan fingerprint density at radius 3 is 2.79 bits per heavy atom. The van der Waals surface area contributed by atoms with Gasteiger partial charge in [0.2, 0.25) is 5.91 Å². The Morgan fingerprint density at radius 1 is 1.32 bits per heavy atom. The van der Waals surface area contributed by atoms with Crippen LogP contribution in [0.15, 0.2) is 60.9 Å². The van der Waals surface area contributed by atoms with E-state index >= 15 is 0 Å². The van der Waals surface area contributed by atoms with Gasteiger partial charge in [0.05, 0.1) is 12.1 Å². The highest BCUT2D eigenvalue weighted by molar-refractivity contribution is 6.32. The quantitative estimate of drug-likeness (QED) is 0.634. The summed E-state index contributed by atoms with van der Waals surface area (Å²) in [6.07, 6.45) is 6.06. The molecule has 0 aliphatic carbocycles. The van der Waals surface area contributed by atoms with Crippen LogP contribution in [0.4, 0.5) is 4.39 Å². The van der Waals surface area contributed by atoms with Crippen molar-refractivity contribution in [2.24, 2.45) is 7.05 Å². The maximum atomic E-state index is 13.9. The zero-order valence-electron chi connectivity index (χ0n) is 15.4. The Labute approximate surface area is 167 Å². The lowest BCUT2D eigenvalue weighted by molar-refractivity contribution is -0.117. The fourth-order valence-electron chi connectivity index (χ4n) is 2.79. The van der Waals surface area contributed by atoms with Gasteiger partial charge in [-0.05, 0) is 35.9 Å². The van der Waals surface area contributed by atoms with Gasteiger partial charge >= 0.3 is 0 Å². The Hall–Kier alpha value is -3.12. The molecule has 3 aromatic rings. The summed E-state index contributed by atoms with van der Waals surface area (Å²) in [5.41, 5.74) is 0.966. The van der Waals surface area contributed by atoms with Gasteiger partial charge in [-0.15, -0.1) is 0 Å². The van der Waals surface area contributed by atoms with Gasteiger partial charge in [-0.3, -0.25) is 4.79 Å². The predicted molar refractivity (Wildman–Crippen MR) is 107 cm³/mol. The zero-order chi connectivity index (χ0) is 20.1. The number of carbonyl (C=O) groups is 1. The lowest BCUT2D eigenvalue weighted by Crippen LogP contribution is -2.29. The first-order valence-corrected chi connectivity index (χ1v) is 8.91. The number of benzene rings is 2. The smallest absolute Gasteiger partial charge is 0.244 e. The van der Waals surface area contributed by atoms with E-state index in [-0.39, 0.29) is 10.6 Å². The van der Waals surface area contributed by atoms with Crippen LogP contribution in [0.5, 0.6) is 5.75 Å². The summed E-state index contributed by atoms with van der Waals surface area (Å²) in [4.78, 5) is 16.9. The van der Waals surface area contributed by atoms with Crippen molar-refractivity contribution in [3.05, 3.63) is 88.7 Å². The number of halogens is 2. The molecule has 5 nitrogen and oxygen atoms in total. The van der Waals surface area contributed by atoms with Gasteiger partial charge in [0.1, 0.15) is 23.4 Å². The van der Waals surface area contributed by atoms with Gasteiger partial charge in [-0.1, -0.05) is 29.8 Å². The van der Waals surface area contributed by atoms with Crippen molar-refractivity contribution in [3.63, 3.8) is 0 Å². The normalized spacial score (nSPS) is 12.1. The largest absolute Gasteiger partial charge is 0.497 e. The van der Waals surface area contributed by atoms with Gasteiger partial charge in [-0.25, -0.2) is 9.37 Å². The van der Waals surface area contributed by atoms with E-state index in [0.29, 0.717) is 11.6 Å². The number of aryl methyl sites for hydroxylation is 1. The fourth-order valence-corrected chi connectivity index (χ4v) is 3.02. The van der Waals surface area contributed by atoms with Crippen molar-refractivity contribution in [1.82, 2.24) is 14.9 Å². The number of methoxy groups -OCH3 is 1. The van der Waals surface area contributed by atoms with Gasteiger partial charge in [0.25, 0.3) is 0 Å². The van der Waals surface area contributed by atoms with Crippen molar-refractivity contribution in [2.45, 2.75) is 6.04 Å². The number of aromatic nitrogens is 2. The van der Waals surface area contributed by atoms with Crippen molar-refractivity contribution in [3.8, 4) is 5.75 Å². The number of ether oxygens (including phenoxy) is 1. The number of hydrogen-bond acceptors (Lipinski definition) is 3. The molecule has 0 aliphatic heterocycles. The molecule has 144 valence electrons. The molecule has 1 aromatic heterocycles. The summed E-state index contributed by atoms with van der Waals surface area (Å²) in [5.74, 6) is 0.415. The number of imidazole rings is 1. The highest BCUT2D eigenvalue weighted by Gasteiger charge is 2.20. The first-order chi connectivity index (χ1) is 13.5. The fraction of sp³-hybridized carbons (Fsp3) is 0.143. The second-order valence-electron chi connectivity index (χ2n) is 6.08. The lowest BCUT2D eigenvalue weighted by Gasteiger charge is -2.19. The van der Waals surface area contributed by atoms with Crippen molar-refractivity contribution in [1.29, 1.82) is 0 Å². The summed E-state index contributed by atoms with van der Waals surface area (Å²) in [7, 11) is 3.42. The lowest BCUT2D eigenvalue weighted by atomic mass is 10.1. The van der Waals surface area contributed by atoms with Crippen LogP contribution < -0.4 is 10.1 Å². The summed E-state index contributed by atoms with van der Waals surface area (Å²) < 4.78 is 21.0. The van der Waals surface area contributed by atoms with E-state index in [0.717, 1.165) is 5.56 Å². The third-order valence-corrected chi connectivity index (χ3v) is 4.56. The number of amides is 1. The number of carbonyl (C=O) groups excluding carboxylic acids is 1. The zero-order valence-corrected chi connectivity index (χ0v) is 16.2. The average molecular weight is 400 g/mol. The van der Waals surface area contributed by atoms with Crippen LogP contribution in [0.3, 0.4) is 0 Å². The Balaban J connectivity index is 1.88. The minimum absolute atomic E-state index is 0.161. The number of nitrogens with one attached hydrogen (secondary N) is 1. The summed E-state index contributed by atoms with van der Waals surface area (Å²) in [6, 6.07) is 11.2. The van der Waals surface area contributed by atoms with E-state index in [1.807, 2.05) is 35.9 Å². The molecule has 28 heavy (non-hydrogen) atoms. The standard InChI is InChI=1S/C21H19ClFN3O2/c1-26-12-11-24-21(26)20(14-5-3-6-15(13-14)28-2)25-19(27)10-9-16-17(22)7-4-8-18(16)23/h3-13,20H,1-2H3,(H,25,27)/b10-9+/t20-/m0/s1. The Kier molecular flexibility index (Phi) is 6.11. The third-order valence-electron chi connectivity index (χ3n) is 4.23. The van der Waals surface area contributed by atoms with E-state index in [1.165, 1.54) is 24.3 Å². The number of nitrogens with zero attached hydrogens (tertiary/aromatic N) is 2. The Bertz CT molecular complexity index is 996. The van der Waals surface area contributed by atoms with Crippen LogP contribution >= 0.6 is 11.6 Å². The van der Waals surface area contributed by atoms with E-state index in [1.54, 1.807) is 25.6 Å². The molecule has 0 spiro atoms. The van der Waals surface area contributed by atoms with Crippen LogP contribution in [-0.2, 0) is 11.8 Å². The second-order valence-corrected chi connectivity index (χ2v) is 6.49. The molecule has 1 atom stereocenters. The van der Waals surface area contributed by atoms with Crippen molar-refractivity contribution >= 4 is 23.6 Å². The summed E-state index contributed by atoms with van der Waals surface area (Å²) in [5, 5.41) is 3.14. The van der Waals surface area contributed by atoms with Gasteiger partial charge in [0.15, 0.2) is 0 Å².